The molecule has 0 bridgehead atoms. The summed E-state index contributed by atoms with van der Waals surface area (Å²) in [5.74, 6) is -0.928. The van der Waals surface area contributed by atoms with Gasteiger partial charge in [-0.25, -0.2) is 4.85 Å². The van der Waals surface area contributed by atoms with Crippen molar-refractivity contribution in [2.24, 2.45) is 12.5 Å². The fourth-order valence-electron chi connectivity index (χ4n) is 4.36. The minimum atomic E-state index is -1.54. The lowest BCUT2D eigenvalue weighted by Gasteiger charge is -2.18. The third-order valence-electron chi connectivity index (χ3n) is 5.96. The topological polar surface area (TPSA) is 21.4 Å². The Hall–Kier alpha value is -3.12. The molecule has 0 fully saturated rings. The summed E-state index contributed by atoms with van der Waals surface area (Å²) in [4.78, 5) is 3.77. The van der Waals surface area contributed by atoms with Gasteiger partial charge in [0, 0.05) is 33.9 Å². The molecule has 2 heterocycles. The van der Waals surface area contributed by atoms with Crippen LogP contribution < -0.4 is 4.57 Å². The van der Waals surface area contributed by atoms with E-state index in [1.54, 1.807) is 13.8 Å². The van der Waals surface area contributed by atoms with Crippen LogP contribution in [0.5, 0.6) is 0 Å². The van der Waals surface area contributed by atoms with Crippen LogP contribution in [-0.2, 0) is 13.4 Å². The zero-order valence-corrected chi connectivity index (χ0v) is 20.3. The first-order chi connectivity index (χ1) is 16.1. The van der Waals surface area contributed by atoms with Crippen molar-refractivity contribution in [2.45, 2.75) is 60.7 Å². The molecule has 0 atom stereocenters. The monoisotopic (exact) mass is 428 g/mol. The average molecular weight is 429 g/mol. The summed E-state index contributed by atoms with van der Waals surface area (Å²) >= 11 is 0. The highest BCUT2D eigenvalue weighted by Crippen LogP contribution is 2.43. The number of rotatable bonds is 3. The standard InChI is InChI=1S/C29H33N2O/c1-17(2)21-12-13-23-22-11-10-18(3)25(27(22)32-28(23)26(21)30-8)24-15-20(16-29(5,6)7)14-19(4)31(24)9/h10-15,17H,16H2,1-7,9H3/q+1/i16D2,17D. The summed E-state index contributed by atoms with van der Waals surface area (Å²) in [6.07, 6.45) is -1.54. The van der Waals surface area contributed by atoms with Crippen LogP contribution in [-0.4, -0.2) is 0 Å². The molecular formula is C29H33N2O+. The maximum absolute atomic E-state index is 8.87. The molecule has 32 heavy (non-hydrogen) atoms. The number of fused-ring (bicyclic) bond motifs is 3. The Morgan fingerprint density at radius 1 is 1.09 bits per heavy atom. The lowest BCUT2D eigenvalue weighted by atomic mass is 9.87. The Morgan fingerprint density at radius 3 is 2.38 bits per heavy atom. The zero-order chi connectivity index (χ0) is 26.1. The maximum atomic E-state index is 8.87. The van der Waals surface area contributed by atoms with Crippen LogP contribution >= 0.6 is 0 Å². The molecule has 3 heteroatoms. The van der Waals surface area contributed by atoms with Gasteiger partial charge in [-0.15, -0.1) is 0 Å². The first-order valence-electron chi connectivity index (χ1n) is 12.5. The van der Waals surface area contributed by atoms with Gasteiger partial charge in [0.25, 0.3) is 0 Å². The summed E-state index contributed by atoms with van der Waals surface area (Å²) in [5, 5.41) is 1.75. The van der Waals surface area contributed by atoms with E-state index >= 15 is 0 Å². The van der Waals surface area contributed by atoms with E-state index in [0.717, 1.165) is 33.3 Å². The van der Waals surface area contributed by atoms with Gasteiger partial charge < -0.3 is 4.42 Å². The normalized spacial score (nSPS) is 14.3. The highest BCUT2D eigenvalue weighted by atomic mass is 16.3. The number of benzene rings is 2. The van der Waals surface area contributed by atoms with Crippen molar-refractivity contribution < 1.29 is 13.1 Å². The van der Waals surface area contributed by atoms with Crippen molar-refractivity contribution in [1.29, 1.82) is 0 Å². The van der Waals surface area contributed by atoms with Gasteiger partial charge in [-0.05, 0) is 41.3 Å². The van der Waals surface area contributed by atoms with Crippen LogP contribution in [0.3, 0.4) is 0 Å². The Kier molecular flexibility index (Phi) is 4.49. The number of aryl methyl sites for hydroxylation is 2. The fourth-order valence-corrected chi connectivity index (χ4v) is 4.36. The number of furan rings is 1. The predicted octanol–water partition coefficient (Wildman–Crippen LogP) is 7.96. The molecule has 3 nitrogen and oxygen atoms in total. The molecule has 4 rings (SSSR count). The molecule has 0 saturated heterocycles. The van der Waals surface area contributed by atoms with Crippen LogP contribution in [0.2, 0.25) is 0 Å². The van der Waals surface area contributed by atoms with Gasteiger partial charge in [-0.1, -0.05) is 58.9 Å². The molecule has 0 spiro atoms. The first-order valence-corrected chi connectivity index (χ1v) is 11.0. The van der Waals surface area contributed by atoms with Crippen molar-refractivity contribution in [3.8, 4) is 11.3 Å². The molecule has 0 N–H and O–H groups in total. The molecule has 0 amide bonds. The third kappa shape index (κ3) is 3.69. The molecule has 164 valence electrons. The lowest BCUT2D eigenvalue weighted by molar-refractivity contribution is -0.666. The van der Waals surface area contributed by atoms with Gasteiger partial charge in [0.1, 0.15) is 18.2 Å². The van der Waals surface area contributed by atoms with Crippen molar-refractivity contribution >= 4 is 27.6 Å². The number of pyridine rings is 1. The highest BCUT2D eigenvalue weighted by molar-refractivity contribution is 6.13. The van der Waals surface area contributed by atoms with Crippen LogP contribution in [0.15, 0.2) is 40.8 Å². The molecule has 0 aliphatic heterocycles. The average Bonchev–Trinajstić information content (AvgIpc) is 3.12. The second-order valence-electron chi connectivity index (χ2n) is 9.89. The minimum Gasteiger partial charge on any atom is -0.466 e. The van der Waals surface area contributed by atoms with Gasteiger partial charge in [-0.2, -0.15) is 4.57 Å². The van der Waals surface area contributed by atoms with Gasteiger partial charge in [0.05, 0.1) is 12.1 Å². The SMILES string of the molecule is [2H]C(C)(C)c1ccc2c(oc3c(-c4cc(C([2H])([2H])C(C)(C)C)cc(C)[n+]4C)c(C)ccc32)c1[N+]#[C-]. The van der Waals surface area contributed by atoms with E-state index in [2.05, 4.69) is 9.41 Å². The second kappa shape index (κ2) is 7.78. The van der Waals surface area contributed by atoms with Crippen LogP contribution in [0.25, 0.3) is 38.0 Å². The van der Waals surface area contributed by atoms with E-state index in [4.69, 9.17) is 15.1 Å². The van der Waals surface area contributed by atoms with Gasteiger partial charge >= 0.3 is 0 Å². The smallest absolute Gasteiger partial charge is 0.232 e. The largest absolute Gasteiger partial charge is 0.466 e. The second-order valence-corrected chi connectivity index (χ2v) is 9.89. The zero-order valence-electron chi connectivity index (χ0n) is 23.3. The highest BCUT2D eigenvalue weighted by Gasteiger charge is 2.25. The lowest BCUT2D eigenvalue weighted by Crippen LogP contribution is -2.35. The number of hydrogen-bond donors (Lipinski definition) is 0. The summed E-state index contributed by atoms with van der Waals surface area (Å²) in [5.41, 5.74) is 5.93. The summed E-state index contributed by atoms with van der Waals surface area (Å²) in [6.45, 7) is 21.1. The van der Waals surface area contributed by atoms with Gasteiger partial charge in [0.2, 0.25) is 11.4 Å². The van der Waals surface area contributed by atoms with Crippen LogP contribution in [0.1, 0.15) is 67.0 Å². The van der Waals surface area contributed by atoms with Gasteiger partial charge in [-0.3, -0.25) is 0 Å². The molecule has 0 aliphatic carbocycles. The van der Waals surface area contributed by atoms with E-state index in [9.17, 15) is 0 Å². The minimum absolute atomic E-state index is 0.376. The van der Waals surface area contributed by atoms with Crippen molar-refractivity contribution in [3.05, 3.63) is 70.2 Å². The molecule has 0 saturated carbocycles. The van der Waals surface area contributed by atoms with E-state index in [-0.39, 0.29) is 0 Å². The molecule has 0 radical (unpaired) electrons. The Balaban J connectivity index is 2.12. The Morgan fingerprint density at radius 2 is 1.75 bits per heavy atom. The molecule has 2 aromatic heterocycles. The van der Waals surface area contributed by atoms with E-state index < -0.39 is 17.7 Å². The van der Waals surface area contributed by atoms with Crippen molar-refractivity contribution in [3.63, 3.8) is 0 Å². The van der Waals surface area contributed by atoms with Crippen LogP contribution in [0, 0.1) is 25.8 Å². The molecule has 0 unspecified atom stereocenters. The summed E-state index contributed by atoms with van der Waals surface area (Å²) in [7, 11) is 1.98. The molecule has 4 aromatic rings. The molecule has 2 aromatic carbocycles. The summed E-state index contributed by atoms with van der Waals surface area (Å²) in [6, 6.07) is 11.7. The quantitative estimate of drug-likeness (QED) is 0.239. The van der Waals surface area contributed by atoms with E-state index in [1.807, 2.05) is 78.1 Å². The van der Waals surface area contributed by atoms with Crippen molar-refractivity contribution in [1.82, 2.24) is 0 Å². The third-order valence-corrected chi connectivity index (χ3v) is 5.96. The Labute approximate surface area is 195 Å². The number of hydrogen-bond acceptors (Lipinski definition) is 1. The fraction of sp³-hybridized carbons (Fsp3) is 0.379. The molecule has 0 aliphatic rings. The predicted molar refractivity (Wildman–Crippen MR) is 133 cm³/mol. The number of nitrogens with zero attached hydrogens (tertiary/aromatic N) is 2. The summed E-state index contributed by atoms with van der Waals surface area (Å²) < 4.78 is 34.8. The van der Waals surface area contributed by atoms with Gasteiger partial charge in [0.15, 0.2) is 5.69 Å². The first kappa shape index (κ1) is 18.5. The Bertz CT molecular complexity index is 1530. The number of aromatic nitrogens is 1. The van der Waals surface area contributed by atoms with E-state index in [1.165, 1.54) is 0 Å². The van der Waals surface area contributed by atoms with Crippen LogP contribution in [0.4, 0.5) is 5.69 Å². The van der Waals surface area contributed by atoms with Crippen molar-refractivity contribution in [2.75, 3.05) is 0 Å². The molecular weight excluding hydrogens is 392 g/mol. The van der Waals surface area contributed by atoms with E-state index in [0.29, 0.717) is 28.0 Å². The maximum Gasteiger partial charge on any atom is 0.232 e.